The molecule has 0 radical (unpaired) electrons. The first-order chi connectivity index (χ1) is 14.1. The Balaban J connectivity index is 1.68. The third kappa shape index (κ3) is 3.69. The minimum atomic E-state index is -0.000237. The molecule has 7 nitrogen and oxygen atoms in total. The lowest BCUT2D eigenvalue weighted by Gasteiger charge is -2.11. The molecule has 1 aromatic heterocycles. The van der Waals surface area contributed by atoms with Crippen molar-refractivity contribution in [2.24, 2.45) is 16.2 Å². The first kappa shape index (κ1) is 19.0. The maximum atomic E-state index is 9.47. The number of benzene rings is 2. The zero-order valence-electron chi connectivity index (χ0n) is 16.2. The fourth-order valence-corrected chi connectivity index (χ4v) is 4.27. The Labute approximate surface area is 173 Å². The van der Waals surface area contributed by atoms with Gasteiger partial charge in [-0.25, -0.2) is 4.98 Å². The summed E-state index contributed by atoms with van der Waals surface area (Å²) in [6, 6.07) is 13.8. The number of rotatable bonds is 5. The van der Waals surface area contributed by atoms with E-state index < -0.39 is 0 Å². The maximum absolute atomic E-state index is 9.47. The molecular formula is C21H20N6OS. The summed E-state index contributed by atoms with van der Waals surface area (Å²) in [5, 5.41) is 17.8. The second kappa shape index (κ2) is 7.97. The van der Waals surface area contributed by atoms with Gasteiger partial charge in [0, 0.05) is 11.1 Å². The second-order valence-corrected chi connectivity index (χ2v) is 7.82. The number of hydrogen-bond acceptors (Lipinski definition) is 7. The van der Waals surface area contributed by atoms with E-state index in [9.17, 15) is 5.26 Å². The third-order valence-electron chi connectivity index (χ3n) is 4.82. The van der Waals surface area contributed by atoms with Gasteiger partial charge in [-0.3, -0.25) is 0 Å². The molecule has 2 aromatic carbocycles. The average molecular weight is 404 g/mol. The minimum absolute atomic E-state index is 0.000237. The van der Waals surface area contributed by atoms with Crippen molar-refractivity contribution in [3.05, 3.63) is 53.1 Å². The zero-order valence-corrected chi connectivity index (χ0v) is 17.0. The largest absolute Gasteiger partial charge is 0.490 e. The number of fused-ring (bicyclic) bond motifs is 1. The summed E-state index contributed by atoms with van der Waals surface area (Å²) in [4.78, 5) is 4.74. The molecule has 2 N–H and O–H groups in total. The molecule has 8 heteroatoms. The number of ether oxygens (including phenoxy) is 1. The summed E-state index contributed by atoms with van der Waals surface area (Å²) in [5.74, 6) is 6.52. The van der Waals surface area contributed by atoms with E-state index in [2.05, 4.69) is 26.8 Å². The summed E-state index contributed by atoms with van der Waals surface area (Å²) in [6.45, 7) is 3.87. The molecule has 0 saturated heterocycles. The lowest BCUT2D eigenvalue weighted by Crippen LogP contribution is -2.06. The number of nitriles is 1. The smallest absolute Gasteiger partial charge is 0.173 e. The molecule has 146 valence electrons. The van der Waals surface area contributed by atoms with E-state index in [1.807, 2.05) is 38.1 Å². The van der Waals surface area contributed by atoms with Crippen LogP contribution in [0.15, 0.2) is 46.7 Å². The molecule has 1 heterocycles. The first-order valence-electron chi connectivity index (χ1n) is 9.37. The minimum Gasteiger partial charge on any atom is -0.490 e. The lowest BCUT2D eigenvalue weighted by molar-refractivity contribution is 0.242. The fourth-order valence-electron chi connectivity index (χ4n) is 3.60. The standard InChI is InChI=1S/C21H20N6OS/c1-12(2)28-19-9-6-13(10-14(19)11-22)21-24-20(26-29-21)17-5-3-4-16-15(17)7-8-18(16)25-27-23/h3-6,9-10,12,18H,7-8H2,1-2H3,(H2,23,25)/t18-/m0/s1. The Morgan fingerprint density at radius 1 is 1.31 bits per heavy atom. The average Bonchev–Trinajstić information content (AvgIpc) is 3.36. The highest BCUT2D eigenvalue weighted by Gasteiger charge is 2.26. The van der Waals surface area contributed by atoms with Crippen LogP contribution in [0.25, 0.3) is 22.0 Å². The summed E-state index contributed by atoms with van der Waals surface area (Å²) < 4.78 is 10.3. The van der Waals surface area contributed by atoms with Gasteiger partial charge in [0.15, 0.2) is 5.82 Å². The summed E-state index contributed by atoms with van der Waals surface area (Å²) in [5.41, 5.74) is 4.69. The zero-order chi connectivity index (χ0) is 20.4. The van der Waals surface area contributed by atoms with Gasteiger partial charge in [0.2, 0.25) is 0 Å². The monoisotopic (exact) mass is 404 g/mol. The van der Waals surface area contributed by atoms with E-state index in [4.69, 9.17) is 15.6 Å². The van der Waals surface area contributed by atoms with Crippen LogP contribution >= 0.6 is 11.5 Å². The van der Waals surface area contributed by atoms with Gasteiger partial charge in [-0.1, -0.05) is 23.4 Å². The molecule has 29 heavy (non-hydrogen) atoms. The molecule has 1 atom stereocenters. The van der Waals surface area contributed by atoms with Crippen molar-refractivity contribution in [1.29, 1.82) is 5.26 Å². The molecule has 0 spiro atoms. The van der Waals surface area contributed by atoms with Crippen LogP contribution in [-0.4, -0.2) is 15.5 Å². The van der Waals surface area contributed by atoms with Gasteiger partial charge in [-0.15, -0.1) is 0 Å². The van der Waals surface area contributed by atoms with E-state index in [1.54, 1.807) is 6.07 Å². The van der Waals surface area contributed by atoms with Crippen LogP contribution in [0, 0.1) is 11.3 Å². The van der Waals surface area contributed by atoms with Gasteiger partial charge in [0.05, 0.1) is 17.7 Å². The highest BCUT2D eigenvalue weighted by Crippen LogP contribution is 2.40. The SMILES string of the molecule is CC(C)Oc1ccc(-c2nc(-c3cccc4c3CC[C@@H]4N=NN)ns2)cc1C#N. The van der Waals surface area contributed by atoms with Crippen molar-refractivity contribution < 1.29 is 4.74 Å². The van der Waals surface area contributed by atoms with Crippen molar-refractivity contribution in [3.63, 3.8) is 0 Å². The molecule has 4 rings (SSSR count). The molecule has 0 amide bonds. The van der Waals surface area contributed by atoms with Crippen LogP contribution in [0.2, 0.25) is 0 Å². The highest BCUT2D eigenvalue weighted by molar-refractivity contribution is 7.09. The van der Waals surface area contributed by atoms with Crippen molar-refractivity contribution >= 4 is 11.5 Å². The van der Waals surface area contributed by atoms with E-state index in [0.29, 0.717) is 17.1 Å². The third-order valence-corrected chi connectivity index (χ3v) is 5.59. The molecule has 0 fully saturated rings. The maximum Gasteiger partial charge on any atom is 0.173 e. The lowest BCUT2D eigenvalue weighted by atomic mass is 10.0. The van der Waals surface area contributed by atoms with Crippen LogP contribution in [0.4, 0.5) is 0 Å². The molecule has 3 aromatic rings. The second-order valence-electron chi connectivity index (χ2n) is 7.07. The Hall–Kier alpha value is -3.31. The van der Waals surface area contributed by atoms with Crippen molar-refractivity contribution in [3.8, 4) is 33.8 Å². The van der Waals surface area contributed by atoms with E-state index >= 15 is 0 Å². The highest BCUT2D eigenvalue weighted by atomic mass is 32.1. The predicted octanol–water partition coefficient (Wildman–Crippen LogP) is 4.84. The molecule has 0 saturated carbocycles. The molecular weight excluding hydrogens is 384 g/mol. The summed E-state index contributed by atoms with van der Waals surface area (Å²) in [6.07, 6.45) is 1.78. The molecule has 1 aliphatic rings. The van der Waals surface area contributed by atoms with Crippen LogP contribution in [0.3, 0.4) is 0 Å². The van der Waals surface area contributed by atoms with Crippen LogP contribution < -0.4 is 10.6 Å². The Bertz CT molecular complexity index is 1110. The van der Waals surface area contributed by atoms with Gasteiger partial charge in [-0.05, 0) is 67.5 Å². The molecule has 0 bridgehead atoms. The Morgan fingerprint density at radius 2 is 2.17 bits per heavy atom. The molecule has 0 unspecified atom stereocenters. The Morgan fingerprint density at radius 3 is 2.93 bits per heavy atom. The quantitative estimate of drug-likeness (QED) is 0.371. The van der Waals surface area contributed by atoms with E-state index in [1.165, 1.54) is 17.1 Å². The number of aromatic nitrogens is 2. The molecule has 0 aliphatic heterocycles. The van der Waals surface area contributed by atoms with Gasteiger partial charge >= 0.3 is 0 Å². The van der Waals surface area contributed by atoms with Crippen LogP contribution in [0.5, 0.6) is 5.75 Å². The van der Waals surface area contributed by atoms with Crippen LogP contribution in [0.1, 0.15) is 43.0 Å². The van der Waals surface area contributed by atoms with E-state index in [0.717, 1.165) is 34.5 Å². The molecule has 1 aliphatic carbocycles. The predicted molar refractivity (Wildman–Crippen MR) is 111 cm³/mol. The van der Waals surface area contributed by atoms with Gasteiger partial charge in [0.25, 0.3) is 0 Å². The topological polar surface area (TPSA) is 110 Å². The van der Waals surface area contributed by atoms with Gasteiger partial charge in [-0.2, -0.15) is 14.7 Å². The van der Waals surface area contributed by atoms with Crippen molar-refractivity contribution in [1.82, 2.24) is 9.36 Å². The van der Waals surface area contributed by atoms with E-state index in [-0.39, 0.29) is 12.1 Å². The van der Waals surface area contributed by atoms with Crippen molar-refractivity contribution in [2.45, 2.75) is 38.8 Å². The summed E-state index contributed by atoms with van der Waals surface area (Å²) in [7, 11) is 0. The van der Waals surface area contributed by atoms with Crippen LogP contribution in [-0.2, 0) is 6.42 Å². The normalized spacial score (nSPS) is 15.6. The summed E-state index contributed by atoms with van der Waals surface area (Å²) >= 11 is 1.32. The number of nitrogens with two attached hydrogens (primary N) is 1. The first-order valence-corrected chi connectivity index (χ1v) is 10.1. The number of nitrogens with zero attached hydrogens (tertiary/aromatic N) is 5. The fraction of sp³-hybridized carbons (Fsp3) is 0.286. The van der Waals surface area contributed by atoms with Gasteiger partial charge in [0.1, 0.15) is 16.8 Å². The van der Waals surface area contributed by atoms with Gasteiger partial charge < -0.3 is 10.6 Å². The number of hydrogen-bond donors (Lipinski definition) is 1. The van der Waals surface area contributed by atoms with Crippen molar-refractivity contribution in [2.75, 3.05) is 0 Å². The Kier molecular flexibility index (Phi) is 5.23.